The van der Waals surface area contributed by atoms with Crippen LogP contribution in [0.4, 0.5) is 0 Å². The number of nitrogens with two attached hydrogens (primary N) is 1. The predicted molar refractivity (Wildman–Crippen MR) is 57.2 cm³/mol. The Hall–Kier alpha value is -0.120. The van der Waals surface area contributed by atoms with E-state index in [0.29, 0.717) is 11.8 Å². The van der Waals surface area contributed by atoms with E-state index in [2.05, 4.69) is 13.8 Å². The van der Waals surface area contributed by atoms with Gasteiger partial charge in [0, 0.05) is 25.2 Å². The van der Waals surface area contributed by atoms with Crippen LogP contribution in [0.2, 0.25) is 0 Å². The van der Waals surface area contributed by atoms with Gasteiger partial charge < -0.3 is 15.2 Å². The molecule has 1 fully saturated rings. The summed E-state index contributed by atoms with van der Waals surface area (Å²) in [4.78, 5) is 0. The molecule has 3 atom stereocenters. The summed E-state index contributed by atoms with van der Waals surface area (Å²) in [5.74, 6) is 0.958. The molecular formula is C11H23NO2. The first-order chi connectivity index (χ1) is 6.66. The maximum Gasteiger partial charge on any atom is 0.0752 e. The molecule has 1 rings (SSSR count). The summed E-state index contributed by atoms with van der Waals surface area (Å²) in [6.07, 6.45) is 1.25. The van der Waals surface area contributed by atoms with Gasteiger partial charge in [-0.2, -0.15) is 0 Å². The van der Waals surface area contributed by atoms with E-state index in [1.807, 2.05) is 6.92 Å². The van der Waals surface area contributed by atoms with E-state index in [-0.39, 0.29) is 12.1 Å². The third kappa shape index (κ3) is 2.94. The van der Waals surface area contributed by atoms with Gasteiger partial charge in [0.25, 0.3) is 0 Å². The van der Waals surface area contributed by atoms with Crippen LogP contribution in [0.15, 0.2) is 0 Å². The van der Waals surface area contributed by atoms with Gasteiger partial charge in [0.15, 0.2) is 0 Å². The molecule has 3 unspecified atom stereocenters. The topological polar surface area (TPSA) is 44.5 Å². The summed E-state index contributed by atoms with van der Waals surface area (Å²) in [6, 6.07) is 0.123. The molecule has 0 amide bonds. The minimum atomic E-state index is 0.123. The van der Waals surface area contributed by atoms with Crippen LogP contribution in [-0.4, -0.2) is 32.0 Å². The second-order valence-corrected chi connectivity index (χ2v) is 4.36. The highest BCUT2D eigenvalue weighted by Gasteiger charge is 2.31. The van der Waals surface area contributed by atoms with Crippen molar-refractivity contribution in [1.82, 2.24) is 0 Å². The molecular weight excluding hydrogens is 178 g/mol. The lowest BCUT2D eigenvalue weighted by molar-refractivity contribution is -0.00232. The number of hydrogen-bond donors (Lipinski definition) is 1. The molecule has 0 aliphatic carbocycles. The molecule has 0 saturated carbocycles. The summed E-state index contributed by atoms with van der Waals surface area (Å²) in [7, 11) is 0. The van der Waals surface area contributed by atoms with Crippen molar-refractivity contribution in [2.45, 2.75) is 39.3 Å². The normalized spacial score (nSPS) is 26.8. The zero-order chi connectivity index (χ0) is 10.6. The molecule has 14 heavy (non-hydrogen) atoms. The molecule has 1 aliphatic heterocycles. The summed E-state index contributed by atoms with van der Waals surface area (Å²) in [5, 5.41) is 0. The molecule has 3 heteroatoms. The van der Waals surface area contributed by atoms with Gasteiger partial charge in [-0.3, -0.25) is 0 Å². The molecule has 2 N–H and O–H groups in total. The monoisotopic (exact) mass is 201 g/mol. The Kier molecular flexibility index (Phi) is 4.85. The lowest BCUT2D eigenvalue weighted by Crippen LogP contribution is -2.46. The Labute approximate surface area is 86.9 Å². The fraction of sp³-hybridized carbons (Fsp3) is 1.00. The smallest absolute Gasteiger partial charge is 0.0752 e. The molecule has 1 saturated heterocycles. The fourth-order valence-electron chi connectivity index (χ4n) is 2.07. The van der Waals surface area contributed by atoms with Crippen LogP contribution in [0.25, 0.3) is 0 Å². The summed E-state index contributed by atoms with van der Waals surface area (Å²) >= 11 is 0. The average Bonchev–Trinajstić information content (AvgIpc) is 2.65. The van der Waals surface area contributed by atoms with Crippen molar-refractivity contribution in [1.29, 1.82) is 0 Å². The number of hydrogen-bond acceptors (Lipinski definition) is 3. The lowest BCUT2D eigenvalue weighted by Gasteiger charge is -2.30. The van der Waals surface area contributed by atoms with E-state index in [0.717, 1.165) is 26.2 Å². The average molecular weight is 201 g/mol. The first-order valence-corrected chi connectivity index (χ1v) is 5.61. The third-order valence-electron chi connectivity index (χ3n) is 2.90. The van der Waals surface area contributed by atoms with Crippen LogP contribution in [0.5, 0.6) is 0 Å². The first-order valence-electron chi connectivity index (χ1n) is 5.61. The maximum absolute atomic E-state index is 6.21. The van der Waals surface area contributed by atoms with Crippen molar-refractivity contribution in [2.24, 2.45) is 17.6 Å². The zero-order valence-corrected chi connectivity index (χ0v) is 9.53. The molecule has 0 aromatic rings. The third-order valence-corrected chi connectivity index (χ3v) is 2.90. The Balaban J connectivity index is 2.48. The van der Waals surface area contributed by atoms with Crippen molar-refractivity contribution in [3.8, 4) is 0 Å². The van der Waals surface area contributed by atoms with Crippen LogP contribution in [-0.2, 0) is 9.47 Å². The van der Waals surface area contributed by atoms with Gasteiger partial charge in [-0.25, -0.2) is 0 Å². The van der Waals surface area contributed by atoms with Crippen molar-refractivity contribution < 1.29 is 9.47 Å². The largest absolute Gasteiger partial charge is 0.381 e. The van der Waals surface area contributed by atoms with Gasteiger partial charge in [0.05, 0.1) is 12.7 Å². The van der Waals surface area contributed by atoms with E-state index < -0.39 is 0 Å². The van der Waals surface area contributed by atoms with Gasteiger partial charge in [-0.05, 0) is 19.3 Å². The van der Waals surface area contributed by atoms with E-state index in [9.17, 15) is 0 Å². The molecule has 1 aliphatic rings. The standard InChI is InChI=1S/C11H23NO2/c1-4-14-11(8(2)3)10(12)9-5-6-13-7-9/h8-11H,4-7,12H2,1-3H3. The van der Waals surface area contributed by atoms with E-state index in [1.54, 1.807) is 0 Å². The summed E-state index contributed by atoms with van der Waals surface area (Å²) in [5.41, 5.74) is 6.21. The van der Waals surface area contributed by atoms with Gasteiger partial charge in [-0.1, -0.05) is 13.8 Å². The molecule has 0 spiro atoms. The molecule has 3 nitrogen and oxygen atoms in total. The molecule has 84 valence electrons. The van der Waals surface area contributed by atoms with Crippen LogP contribution in [0, 0.1) is 11.8 Å². The number of ether oxygens (including phenoxy) is 2. The Morgan fingerprint density at radius 2 is 2.21 bits per heavy atom. The zero-order valence-electron chi connectivity index (χ0n) is 9.53. The number of rotatable bonds is 5. The minimum Gasteiger partial charge on any atom is -0.381 e. The molecule has 1 heterocycles. The first kappa shape index (κ1) is 12.0. The van der Waals surface area contributed by atoms with E-state index in [4.69, 9.17) is 15.2 Å². The fourth-order valence-corrected chi connectivity index (χ4v) is 2.07. The van der Waals surface area contributed by atoms with E-state index in [1.165, 1.54) is 0 Å². The SMILES string of the molecule is CCOC(C(C)C)C(N)C1CCOC1. The Bertz CT molecular complexity index is 155. The highest BCUT2D eigenvalue weighted by molar-refractivity contribution is 4.85. The summed E-state index contributed by atoms with van der Waals surface area (Å²) in [6.45, 7) is 8.75. The highest BCUT2D eigenvalue weighted by atomic mass is 16.5. The Morgan fingerprint density at radius 3 is 2.64 bits per heavy atom. The second-order valence-electron chi connectivity index (χ2n) is 4.36. The van der Waals surface area contributed by atoms with Crippen molar-refractivity contribution in [3.05, 3.63) is 0 Å². The van der Waals surface area contributed by atoms with Crippen molar-refractivity contribution in [3.63, 3.8) is 0 Å². The predicted octanol–water partition coefficient (Wildman–Crippen LogP) is 1.41. The quantitative estimate of drug-likeness (QED) is 0.731. The second kappa shape index (κ2) is 5.69. The highest BCUT2D eigenvalue weighted by Crippen LogP contribution is 2.22. The molecule has 0 bridgehead atoms. The van der Waals surface area contributed by atoms with Crippen molar-refractivity contribution in [2.75, 3.05) is 19.8 Å². The van der Waals surface area contributed by atoms with Gasteiger partial charge >= 0.3 is 0 Å². The summed E-state index contributed by atoms with van der Waals surface area (Å²) < 4.78 is 11.0. The van der Waals surface area contributed by atoms with Crippen LogP contribution >= 0.6 is 0 Å². The van der Waals surface area contributed by atoms with Crippen molar-refractivity contribution >= 4 is 0 Å². The van der Waals surface area contributed by atoms with Crippen LogP contribution < -0.4 is 5.73 Å². The maximum atomic E-state index is 6.21. The van der Waals surface area contributed by atoms with Gasteiger partial charge in [-0.15, -0.1) is 0 Å². The van der Waals surface area contributed by atoms with E-state index >= 15 is 0 Å². The molecule has 0 aromatic heterocycles. The molecule has 0 radical (unpaired) electrons. The van der Waals surface area contributed by atoms with Gasteiger partial charge in [0.2, 0.25) is 0 Å². The van der Waals surface area contributed by atoms with Crippen LogP contribution in [0.3, 0.4) is 0 Å². The lowest BCUT2D eigenvalue weighted by atomic mass is 9.89. The Morgan fingerprint density at radius 1 is 1.50 bits per heavy atom. The van der Waals surface area contributed by atoms with Crippen LogP contribution in [0.1, 0.15) is 27.2 Å². The minimum absolute atomic E-state index is 0.123. The molecule has 0 aromatic carbocycles. The van der Waals surface area contributed by atoms with Gasteiger partial charge in [0.1, 0.15) is 0 Å².